The van der Waals surface area contributed by atoms with Crippen LogP contribution < -0.4 is 0 Å². The Morgan fingerprint density at radius 3 is 2.51 bits per heavy atom. The Hall–Kier alpha value is -2.19. The third-order valence-electron chi connectivity index (χ3n) is 8.74. The second-order valence-electron chi connectivity index (χ2n) is 11.4. The van der Waals surface area contributed by atoms with Gasteiger partial charge in [0.1, 0.15) is 11.9 Å². The molecule has 3 aromatic rings. The molecule has 2 saturated heterocycles. The molecule has 3 fully saturated rings. The van der Waals surface area contributed by atoms with Crippen LogP contribution in [-0.2, 0) is 4.79 Å². The summed E-state index contributed by atoms with van der Waals surface area (Å²) in [7, 11) is 2.17. The van der Waals surface area contributed by atoms with E-state index in [2.05, 4.69) is 21.8 Å². The first-order valence-corrected chi connectivity index (χ1v) is 14.8. The molecule has 6 nitrogen and oxygen atoms in total. The number of benzene rings is 1. The first-order chi connectivity index (χ1) is 18.8. The lowest BCUT2D eigenvalue weighted by atomic mass is 9.80. The van der Waals surface area contributed by atoms with E-state index in [1.807, 2.05) is 22.9 Å². The van der Waals surface area contributed by atoms with E-state index in [1.54, 1.807) is 18.2 Å². The number of hydrogen-bond acceptors (Lipinski definition) is 4. The lowest BCUT2D eigenvalue weighted by molar-refractivity contribution is -0.143. The molecule has 39 heavy (non-hydrogen) atoms. The van der Waals surface area contributed by atoms with Crippen molar-refractivity contribution in [3.8, 4) is 0 Å². The summed E-state index contributed by atoms with van der Waals surface area (Å²) >= 11 is 12.2. The minimum Gasteiger partial charge on any atom is -0.480 e. The summed E-state index contributed by atoms with van der Waals surface area (Å²) in [5.41, 5.74) is 3.02. The summed E-state index contributed by atoms with van der Waals surface area (Å²) in [6.45, 7) is 3.79. The Bertz CT molecular complexity index is 1290. The SMILES string of the molecule is CN1CCC(c2cnc3c(Cl)cc(Cl)cn23)CC1.O=C(O)C(CC1CCC1)N1CCC(c2cccc(F)c2)C1. The van der Waals surface area contributed by atoms with Crippen LogP contribution in [0.25, 0.3) is 5.65 Å². The number of imidazole rings is 1. The predicted octanol–water partition coefficient (Wildman–Crippen LogP) is 6.71. The van der Waals surface area contributed by atoms with Gasteiger partial charge in [0.25, 0.3) is 0 Å². The third-order valence-corrected chi connectivity index (χ3v) is 9.22. The number of aromatic nitrogens is 2. The summed E-state index contributed by atoms with van der Waals surface area (Å²) < 4.78 is 15.4. The van der Waals surface area contributed by atoms with E-state index in [0.29, 0.717) is 21.9 Å². The zero-order chi connectivity index (χ0) is 27.5. The molecule has 4 heterocycles. The van der Waals surface area contributed by atoms with Crippen molar-refractivity contribution in [3.05, 3.63) is 69.8 Å². The van der Waals surface area contributed by atoms with Gasteiger partial charge in [0.15, 0.2) is 5.65 Å². The van der Waals surface area contributed by atoms with Crippen LogP contribution >= 0.6 is 23.2 Å². The molecule has 6 rings (SSSR count). The maximum Gasteiger partial charge on any atom is 0.320 e. The summed E-state index contributed by atoms with van der Waals surface area (Å²) in [6.07, 6.45) is 11.4. The Labute approximate surface area is 239 Å². The lowest BCUT2D eigenvalue weighted by Gasteiger charge is -2.32. The van der Waals surface area contributed by atoms with Crippen molar-refractivity contribution in [3.63, 3.8) is 0 Å². The molecule has 0 bridgehead atoms. The highest BCUT2D eigenvalue weighted by Crippen LogP contribution is 2.35. The normalized spacial score (nSPS) is 21.9. The number of pyridine rings is 1. The molecule has 1 saturated carbocycles. The third kappa shape index (κ3) is 6.76. The molecule has 0 spiro atoms. The summed E-state index contributed by atoms with van der Waals surface area (Å²) in [6, 6.07) is 8.08. The van der Waals surface area contributed by atoms with E-state index >= 15 is 0 Å². The van der Waals surface area contributed by atoms with E-state index in [0.717, 1.165) is 63.1 Å². The Morgan fingerprint density at radius 2 is 1.85 bits per heavy atom. The second kappa shape index (κ2) is 12.5. The van der Waals surface area contributed by atoms with Crippen LogP contribution in [0, 0.1) is 11.7 Å². The van der Waals surface area contributed by atoms with Crippen molar-refractivity contribution >= 4 is 34.8 Å². The Balaban J connectivity index is 0.000000160. The fourth-order valence-corrected chi connectivity index (χ4v) is 6.71. The fraction of sp³-hybridized carbons (Fsp3) is 0.533. The quantitative estimate of drug-likeness (QED) is 0.354. The molecule has 1 aliphatic carbocycles. The zero-order valence-corrected chi connectivity index (χ0v) is 23.9. The van der Waals surface area contributed by atoms with Crippen molar-refractivity contribution in [2.24, 2.45) is 5.92 Å². The number of fused-ring (bicyclic) bond motifs is 1. The van der Waals surface area contributed by atoms with Gasteiger partial charge in [-0.2, -0.15) is 0 Å². The molecule has 2 atom stereocenters. The van der Waals surface area contributed by atoms with Gasteiger partial charge in [0, 0.05) is 30.6 Å². The van der Waals surface area contributed by atoms with Crippen LogP contribution in [0.2, 0.25) is 10.0 Å². The number of nitrogens with zero attached hydrogens (tertiary/aromatic N) is 4. The van der Waals surface area contributed by atoms with E-state index in [-0.39, 0.29) is 17.8 Å². The number of carbonyl (C=O) groups is 1. The van der Waals surface area contributed by atoms with Crippen molar-refractivity contribution in [1.29, 1.82) is 0 Å². The summed E-state index contributed by atoms with van der Waals surface area (Å²) in [5.74, 6) is 0.464. The first kappa shape index (κ1) is 28.3. The maximum atomic E-state index is 13.3. The van der Waals surface area contributed by atoms with Crippen molar-refractivity contribution in [2.45, 2.75) is 62.8 Å². The monoisotopic (exact) mass is 574 g/mol. The average molecular weight is 576 g/mol. The number of carboxylic acids is 1. The second-order valence-corrected chi connectivity index (χ2v) is 12.2. The molecule has 1 aromatic carbocycles. The number of hydrogen-bond donors (Lipinski definition) is 1. The maximum absolute atomic E-state index is 13.3. The van der Waals surface area contributed by atoms with Gasteiger partial charge in [-0.25, -0.2) is 9.37 Å². The van der Waals surface area contributed by atoms with Gasteiger partial charge in [-0.3, -0.25) is 9.69 Å². The number of piperidine rings is 1. The van der Waals surface area contributed by atoms with Gasteiger partial charge in [-0.15, -0.1) is 0 Å². The van der Waals surface area contributed by atoms with E-state index in [4.69, 9.17) is 23.2 Å². The smallest absolute Gasteiger partial charge is 0.320 e. The standard InChI is InChI=1S/C17H22FNO2.C13H15Cl2N3/c18-15-6-2-5-13(10-15)14-7-8-19(11-14)16(17(20)21)9-12-3-1-4-12;1-17-4-2-9(3-5-17)12-7-16-13-11(15)6-10(14)8-18(12)13/h2,5-6,10,12,14,16H,1,3-4,7-9,11H2,(H,20,21);6-9H,2-5H2,1H3. The molecule has 2 aromatic heterocycles. The van der Waals surface area contributed by atoms with Gasteiger partial charge >= 0.3 is 5.97 Å². The van der Waals surface area contributed by atoms with Crippen LogP contribution in [0.3, 0.4) is 0 Å². The molecule has 9 heteroatoms. The molecule has 1 N–H and O–H groups in total. The van der Waals surface area contributed by atoms with Gasteiger partial charge in [-0.1, -0.05) is 54.6 Å². The van der Waals surface area contributed by atoms with Gasteiger partial charge in [0.05, 0.1) is 10.0 Å². The van der Waals surface area contributed by atoms with E-state index in [1.165, 1.54) is 31.0 Å². The molecular formula is C30H37Cl2FN4O2. The number of likely N-dealkylation sites (tertiary alicyclic amines) is 2. The highest BCUT2D eigenvalue weighted by molar-refractivity contribution is 6.36. The van der Waals surface area contributed by atoms with Crippen LogP contribution in [0.4, 0.5) is 4.39 Å². The highest BCUT2D eigenvalue weighted by atomic mass is 35.5. The average Bonchev–Trinajstić information content (AvgIpc) is 3.52. The number of halogens is 3. The predicted molar refractivity (Wildman–Crippen MR) is 153 cm³/mol. The van der Waals surface area contributed by atoms with Crippen LogP contribution in [0.15, 0.2) is 42.7 Å². The van der Waals surface area contributed by atoms with E-state index in [9.17, 15) is 14.3 Å². The Kier molecular flexibility index (Phi) is 9.12. The van der Waals surface area contributed by atoms with Crippen molar-refractivity contribution < 1.29 is 14.3 Å². The van der Waals surface area contributed by atoms with Gasteiger partial charge in [-0.05, 0) is 88.0 Å². The Morgan fingerprint density at radius 1 is 1.10 bits per heavy atom. The fourth-order valence-electron chi connectivity index (χ4n) is 6.19. The molecule has 0 radical (unpaired) electrons. The summed E-state index contributed by atoms with van der Waals surface area (Å²) in [4.78, 5) is 20.4. The van der Waals surface area contributed by atoms with E-state index < -0.39 is 5.97 Å². The number of rotatable bonds is 6. The zero-order valence-electron chi connectivity index (χ0n) is 22.4. The lowest BCUT2D eigenvalue weighted by Crippen LogP contribution is -2.41. The minimum absolute atomic E-state index is 0.213. The van der Waals surface area contributed by atoms with Crippen LogP contribution in [0.1, 0.15) is 68.0 Å². The van der Waals surface area contributed by atoms with Crippen LogP contribution in [0.5, 0.6) is 0 Å². The molecule has 2 unspecified atom stereocenters. The molecular weight excluding hydrogens is 538 g/mol. The minimum atomic E-state index is -0.707. The first-order valence-electron chi connectivity index (χ1n) is 14.0. The molecule has 2 aliphatic heterocycles. The largest absolute Gasteiger partial charge is 0.480 e. The number of carboxylic acid groups (broad SMARTS) is 1. The van der Waals surface area contributed by atoms with Gasteiger partial charge < -0.3 is 14.4 Å². The van der Waals surface area contributed by atoms with Crippen molar-refractivity contribution in [2.75, 3.05) is 33.2 Å². The molecule has 3 aliphatic rings. The van der Waals surface area contributed by atoms with Crippen LogP contribution in [-0.4, -0.2) is 69.5 Å². The summed E-state index contributed by atoms with van der Waals surface area (Å²) in [5, 5.41) is 10.8. The van der Waals surface area contributed by atoms with Crippen molar-refractivity contribution in [1.82, 2.24) is 19.2 Å². The molecule has 0 amide bonds. The molecule has 210 valence electrons. The van der Waals surface area contributed by atoms with Gasteiger partial charge in [0.2, 0.25) is 0 Å². The topological polar surface area (TPSA) is 61.1 Å². The number of aliphatic carboxylic acids is 1. The highest BCUT2D eigenvalue weighted by Gasteiger charge is 2.35.